The van der Waals surface area contributed by atoms with Crippen LogP contribution >= 0.6 is 0 Å². The molecule has 0 spiro atoms. The van der Waals surface area contributed by atoms with Crippen LogP contribution in [0.2, 0.25) is 0 Å². The number of aromatic amines is 1. The molecule has 0 bridgehead atoms. The van der Waals surface area contributed by atoms with E-state index in [-0.39, 0.29) is 12.3 Å². The SMILES string of the molecule is O=C(CCn1ccnn1)Nc1ccn(CCc2noc(=O)[nH]2)n1. The van der Waals surface area contributed by atoms with Crippen LogP contribution < -0.4 is 11.1 Å². The Morgan fingerprint density at radius 1 is 1.30 bits per heavy atom. The molecule has 0 unspecified atom stereocenters. The van der Waals surface area contributed by atoms with Gasteiger partial charge in [0, 0.05) is 37.8 Å². The van der Waals surface area contributed by atoms with Gasteiger partial charge in [0.25, 0.3) is 0 Å². The number of amides is 1. The highest BCUT2D eigenvalue weighted by molar-refractivity contribution is 5.89. The second-order valence-corrected chi connectivity index (χ2v) is 4.72. The number of hydrogen-bond donors (Lipinski definition) is 2. The first-order valence-corrected chi connectivity index (χ1v) is 6.91. The van der Waals surface area contributed by atoms with Crippen LogP contribution in [0, 0.1) is 0 Å². The summed E-state index contributed by atoms with van der Waals surface area (Å²) in [6.45, 7) is 0.948. The third kappa shape index (κ3) is 4.12. The highest BCUT2D eigenvalue weighted by Gasteiger charge is 2.07. The summed E-state index contributed by atoms with van der Waals surface area (Å²) in [5.74, 6) is 0.165. The van der Waals surface area contributed by atoms with Gasteiger partial charge in [-0.2, -0.15) is 5.10 Å². The molecule has 0 aliphatic rings. The number of carbonyl (C=O) groups is 1. The Kier molecular flexibility index (Phi) is 4.27. The first-order valence-electron chi connectivity index (χ1n) is 6.91. The van der Waals surface area contributed by atoms with Crippen molar-refractivity contribution in [2.45, 2.75) is 25.9 Å². The fraction of sp³-hybridized carbons (Fsp3) is 0.333. The van der Waals surface area contributed by atoms with Crippen molar-refractivity contribution in [1.29, 1.82) is 0 Å². The van der Waals surface area contributed by atoms with Crippen LogP contribution in [0.3, 0.4) is 0 Å². The summed E-state index contributed by atoms with van der Waals surface area (Å²) in [7, 11) is 0. The topological polar surface area (TPSA) is 137 Å². The van der Waals surface area contributed by atoms with E-state index in [0.717, 1.165) is 0 Å². The minimum Gasteiger partial charge on any atom is -0.309 e. The molecule has 3 rings (SSSR count). The molecule has 0 aliphatic heterocycles. The fourth-order valence-electron chi connectivity index (χ4n) is 1.91. The van der Waals surface area contributed by atoms with E-state index in [0.29, 0.717) is 31.2 Å². The molecule has 0 atom stereocenters. The smallest absolute Gasteiger partial charge is 0.309 e. The lowest BCUT2D eigenvalue weighted by Crippen LogP contribution is -2.15. The van der Waals surface area contributed by atoms with Crippen LogP contribution in [0.25, 0.3) is 0 Å². The second kappa shape index (κ2) is 6.68. The van der Waals surface area contributed by atoms with Gasteiger partial charge < -0.3 is 5.32 Å². The van der Waals surface area contributed by atoms with E-state index >= 15 is 0 Å². The van der Waals surface area contributed by atoms with Crippen LogP contribution in [0.4, 0.5) is 5.82 Å². The zero-order valence-corrected chi connectivity index (χ0v) is 12.0. The number of rotatable bonds is 7. The molecule has 3 heterocycles. The highest BCUT2D eigenvalue weighted by atomic mass is 16.5. The van der Waals surface area contributed by atoms with Crippen molar-refractivity contribution in [3.8, 4) is 0 Å². The summed E-state index contributed by atoms with van der Waals surface area (Å²) in [4.78, 5) is 25.1. The number of aryl methyl sites for hydroxylation is 3. The standard InChI is InChI=1S/C12H14N8O3/c21-11(3-7-20-8-4-13-18-20)14-9-1-5-19(16-9)6-2-10-15-12(22)23-17-10/h1,4-5,8H,2-3,6-7H2,(H,14,16,21)(H,15,17,22). The van der Waals surface area contributed by atoms with Crippen molar-refractivity contribution in [2.75, 3.05) is 5.32 Å². The Labute approximate surface area is 129 Å². The Bertz CT molecular complexity index is 815. The van der Waals surface area contributed by atoms with Crippen LogP contribution in [-0.4, -0.2) is 40.8 Å². The molecular weight excluding hydrogens is 304 g/mol. The summed E-state index contributed by atoms with van der Waals surface area (Å²) >= 11 is 0. The van der Waals surface area contributed by atoms with E-state index in [2.05, 4.69) is 35.4 Å². The van der Waals surface area contributed by atoms with Gasteiger partial charge in [-0.25, -0.2) is 4.79 Å². The molecule has 0 fully saturated rings. The third-order valence-electron chi connectivity index (χ3n) is 3.01. The van der Waals surface area contributed by atoms with Gasteiger partial charge in [-0.15, -0.1) is 5.10 Å². The van der Waals surface area contributed by atoms with E-state index in [9.17, 15) is 9.59 Å². The molecule has 0 saturated heterocycles. The first-order chi connectivity index (χ1) is 11.2. The molecule has 3 aromatic rings. The highest BCUT2D eigenvalue weighted by Crippen LogP contribution is 2.04. The van der Waals surface area contributed by atoms with Crippen molar-refractivity contribution in [1.82, 2.24) is 34.9 Å². The lowest BCUT2D eigenvalue weighted by molar-refractivity contribution is -0.116. The van der Waals surface area contributed by atoms with Crippen molar-refractivity contribution in [2.24, 2.45) is 0 Å². The molecule has 0 radical (unpaired) electrons. The molecule has 0 aromatic carbocycles. The van der Waals surface area contributed by atoms with Crippen molar-refractivity contribution >= 4 is 11.7 Å². The predicted octanol–water partition coefficient (Wildman–Crippen LogP) is -0.578. The predicted molar refractivity (Wildman–Crippen MR) is 76.3 cm³/mol. The summed E-state index contributed by atoms with van der Waals surface area (Å²) in [6.07, 6.45) is 5.71. The summed E-state index contributed by atoms with van der Waals surface area (Å²) < 4.78 is 7.63. The summed E-state index contributed by atoms with van der Waals surface area (Å²) in [5.41, 5.74) is 0. The molecule has 120 valence electrons. The lowest BCUT2D eigenvalue weighted by Gasteiger charge is -2.02. The van der Waals surface area contributed by atoms with Gasteiger partial charge in [0.1, 0.15) is 0 Å². The molecule has 3 aromatic heterocycles. The minimum atomic E-state index is -0.583. The van der Waals surface area contributed by atoms with Gasteiger partial charge in [-0.05, 0) is 0 Å². The Morgan fingerprint density at radius 3 is 2.96 bits per heavy atom. The average Bonchev–Trinajstić information content (AvgIpc) is 3.25. The van der Waals surface area contributed by atoms with E-state index in [4.69, 9.17) is 0 Å². The number of hydrogen-bond acceptors (Lipinski definition) is 7. The normalized spacial score (nSPS) is 10.8. The number of H-pyrrole nitrogens is 1. The third-order valence-corrected chi connectivity index (χ3v) is 3.01. The van der Waals surface area contributed by atoms with Crippen LogP contribution in [0.15, 0.2) is 34.0 Å². The van der Waals surface area contributed by atoms with Crippen molar-refractivity contribution < 1.29 is 9.32 Å². The van der Waals surface area contributed by atoms with E-state index in [1.54, 1.807) is 34.0 Å². The van der Waals surface area contributed by atoms with E-state index < -0.39 is 5.76 Å². The monoisotopic (exact) mass is 318 g/mol. The first kappa shape index (κ1) is 14.7. The molecule has 2 N–H and O–H groups in total. The Balaban J connectivity index is 1.46. The maximum atomic E-state index is 11.8. The summed E-state index contributed by atoms with van der Waals surface area (Å²) in [5, 5.41) is 17.9. The molecule has 1 amide bonds. The van der Waals surface area contributed by atoms with E-state index in [1.807, 2.05) is 0 Å². The van der Waals surface area contributed by atoms with Gasteiger partial charge >= 0.3 is 5.76 Å². The minimum absolute atomic E-state index is 0.161. The van der Waals surface area contributed by atoms with E-state index in [1.165, 1.54) is 0 Å². The zero-order valence-electron chi connectivity index (χ0n) is 12.0. The molecule has 11 heteroatoms. The molecule has 0 aliphatic carbocycles. The molecular formula is C12H14N8O3. The van der Waals surface area contributed by atoms with Gasteiger partial charge in [0.15, 0.2) is 11.6 Å². The van der Waals surface area contributed by atoms with Gasteiger partial charge in [-0.1, -0.05) is 10.4 Å². The maximum Gasteiger partial charge on any atom is 0.438 e. The fourth-order valence-corrected chi connectivity index (χ4v) is 1.91. The van der Waals surface area contributed by atoms with Crippen LogP contribution in [0.1, 0.15) is 12.2 Å². The van der Waals surface area contributed by atoms with Gasteiger partial charge in [-0.3, -0.25) is 23.7 Å². The number of nitrogens with one attached hydrogen (secondary N) is 2. The average molecular weight is 318 g/mol. The maximum absolute atomic E-state index is 11.8. The van der Waals surface area contributed by atoms with Crippen LogP contribution in [0.5, 0.6) is 0 Å². The number of nitrogens with zero attached hydrogens (tertiary/aromatic N) is 6. The largest absolute Gasteiger partial charge is 0.438 e. The quantitative estimate of drug-likeness (QED) is 0.594. The van der Waals surface area contributed by atoms with Gasteiger partial charge in [0.05, 0.1) is 12.7 Å². The number of anilines is 1. The Morgan fingerprint density at radius 2 is 2.22 bits per heavy atom. The second-order valence-electron chi connectivity index (χ2n) is 4.72. The molecule has 23 heavy (non-hydrogen) atoms. The summed E-state index contributed by atoms with van der Waals surface area (Å²) in [6, 6.07) is 1.69. The van der Waals surface area contributed by atoms with Crippen molar-refractivity contribution in [3.63, 3.8) is 0 Å². The molecule has 0 saturated carbocycles. The Hall–Kier alpha value is -3.24. The number of carbonyl (C=O) groups excluding carboxylic acids is 1. The van der Waals surface area contributed by atoms with Gasteiger partial charge in [0.2, 0.25) is 5.91 Å². The van der Waals surface area contributed by atoms with Crippen LogP contribution in [-0.2, 0) is 24.3 Å². The molecule has 11 nitrogen and oxygen atoms in total. The van der Waals surface area contributed by atoms with Crippen molar-refractivity contribution in [3.05, 3.63) is 41.0 Å². The lowest BCUT2D eigenvalue weighted by atomic mass is 10.4. The zero-order chi connectivity index (χ0) is 16.1. The number of aromatic nitrogens is 7.